The summed E-state index contributed by atoms with van der Waals surface area (Å²) in [5.74, 6) is 0.821. The van der Waals surface area contributed by atoms with Gasteiger partial charge < -0.3 is 14.5 Å². The zero-order valence-corrected chi connectivity index (χ0v) is 12.6. The molecule has 0 atom stereocenters. The summed E-state index contributed by atoms with van der Waals surface area (Å²) in [6, 6.07) is 14.9. The minimum absolute atomic E-state index is 0.366. The maximum absolute atomic E-state index is 11.8. The van der Waals surface area contributed by atoms with Crippen molar-refractivity contribution in [2.75, 3.05) is 11.9 Å². The molecule has 0 aliphatic rings. The number of fused-ring (bicyclic) bond motifs is 1. The highest BCUT2D eigenvalue weighted by atomic mass is 16.5. The van der Waals surface area contributed by atoms with E-state index in [1.54, 1.807) is 0 Å². The van der Waals surface area contributed by atoms with E-state index in [1.807, 2.05) is 56.3 Å². The molecule has 0 spiro atoms. The maximum atomic E-state index is 11.8. The molecular weight excluding hydrogens is 278 g/mol. The number of hydrogen-bond acceptors (Lipinski definition) is 4. The smallest absolute Gasteiger partial charge is 0.338 e. The van der Waals surface area contributed by atoms with E-state index in [4.69, 9.17) is 9.15 Å². The zero-order valence-electron chi connectivity index (χ0n) is 12.6. The number of aryl methyl sites for hydroxylation is 1. The third kappa shape index (κ3) is 2.81. The number of ether oxygens (including phenoxy) is 1. The minimum Gasteiger partial charge on any atom is -0.494 e. The molecule has 0 saturated heterocycles. The lowest BCUT2D eigenvalue weighted by atomic mass is 10.1. The minimum atomic E-state index is -0.366. The quantitative estimate of drug-likeness (QED) is 0.731. The zero-order chi connectivity index (χ0) is 15.5. The molecular formula is C18H17NO3. The molecule has 0 unspecified atom stereocenters. The van der Waals surface area contributed by atoms with Crippen molar-refractivity contribution < 1.29 is 9.15 Å². The highest BCUT2D eigenvalue weighted by Gasteiger charge is 2.07. The van der Waals surface area contributed by atoms with Crippen LogP contribution in [0.1, 0.15) is 12.5 Å². The van der Waals surface area contributed by atoms with Crippen LogP contribution >= 0.6 is 0 Å². The molecule has 3 rings (SSSR count). The Hall–Kier alpha value is -2.75. The van der Waals surface area contributed by atoms with E-state index >= 15 is 0 Å². The Kier molecular flexibility index (Phi) is 3.83. The molecule has 0 saturated carbocycles. The third-order valence-electron chi connectivity index (χ3n) is 3.41. The standard InChI is InChI=1S/C18H17NO3/c1-3-21-14-9-7-13(8-10-14)19-16-11-17(20)22-18-12(2)5-4-6-15(16)18/h4-11,19H,3H2,1-2H3. The molecule has 0 fully saturated rings. The normalized spacial score (nSPS) is 10.6. The number of anilines is 2. The lowest BCUT2D eigenvalue weighted by molar-refractivity contribution is 0.340. The molecule has 0 aliphatic heterocycles. The second-order valence-electron chi connectivity index (χ2n) is 5.01. The van der Waals surface area contributed by atoms with E-state index in [1.165, 1.54) is 6.07 Å². The van der Waals surface area contributed by atoms with Crippen molar-refractivity contribution in [1.82, 2.24) is 0 Å². The Bertz CT molecular complexity index is 850. The summed E-state index contributed by atoms with van der Waals surface area (Å²) >= 11 is 0. The first kappa shape index (κ1) is 14.2. The van der Waals surface area contributed by atoms with E-state index in [-0.39, 0.29) is 5.63 Å². The number of benzene rings is 2. The molecule has 2 aromatic carbocycles. The summed E-state index contributed by atoms with van der Waals surface area (Å²) in [6.07, 6.45) is 0. The number of hydrogen-bond donors (Lipinski definition) is 1. The van der Waals surface area contributed by atoms with Crippen LogP contribution in [0.4, 0.5) is 11.4 Å². The van der Waals surface area contributed by atoms with Gasteiger partial charge in [-0.1, -0.05) is 12.1 Å². The average molecular weight is 295 g/mol. The second kappa shape index (κ2) is 5.93. The lowest BCUT2D eigenvalue weighted by Crippen LogP contribution is -2.02. The summed E-state index contributed by atoms with van der Waals surface area (Å²) in [4.78, 5) is 11.8. The molecule has 0 amide bonds. The molecule has 1 heterocycles. The topological polar surface area (TPSA) is 51.5 Å². The molecule has 4 heteroatoms. The van der Waals surface area contributed by atoms with Crippen LogP contribution < -0.4 is 15.7 Å². The van der Waals surface area contributed by atoms with Crippen LogP contribution in [-0.4, -0.2) is 6.61 Å². The predicted molar refractivity (Wildman–Crippen MR) is 88.1 cm³/mol. The second-order valence-corrected chi connectivity index (χ2v) is 5.01. The summed E-state index contributed by atoms with van der Waals surface area (Å²) in [5.41, 5.74) is 2.81. The number of nitrogens with one attached hydrogen (secondary N) is 1. The van der Waals surface area contributed by atoms with Crippen molar-refractivity contribution in [3.63, 3.8) is 0 Å². The molecule has 22 heavy (non-hydrogen) atoms. The molecule has 4 nitrogen and oxygen atoms in total. The van der Waals surface area contributed by atoms with Gasteiger partial charge in [-0.2, -0.15) is 0 Å². The van der Waals surface area contributed by atoms with E-state index in [0.29, 0.717) is 12.2 Å². The third-order valence-corrected chi connectivity index (χ3v) is 3.41. The van der Waals surface area contributed by atoms with Gasteiger partial charge in [0.05, 0.1) is 12.3 Å². The molecule has 3 aromatic rings. The van der Waals surface area contributed by atoms with Crippen molar-refractivity contribution in [2.24, 2.45) is 0 Å². The summed E-state index contributed by atoms with van der Waals surface area (Å²) in [6.45, 7) is 4.51. The van der Waals surface area contributed by atoms with Gasteiger partial charge in [0.15, 0.2) is 0 Å². The van der Waals surface area contributed by atoms with Gasteiger partial charge in [0.1, 0.15) is 11.3 Å². The maximum Gasteiger partial charge on any atom is 0.338 e. The Balaban J connectivity index is 2.00. The van der Waals surface area contributed by atoms with Crippen LogP contribution in [0.2, 0.25) is 0 Å². The molecule has 1 aromatic heterocycles. The highest BCUT2D eigenvalue weighted by molar-refractivity contribution is 5.93. The van der Waals surface area contributed by atoms with Gasteiger partial charge in [0, 0.05) is 17.1 Å². The van der Waals surface area contributed by atoms with Gasteiger partial charge in [-0.15, -0.1) is 0 Å². The van der Waals surface area contributed by atoms with Crippen molar-refractivity contribution in [1.29, 1.82) is 0 Å². The fourth-order valence-corrected chi connectivity index (χ4v) is 2.39. The monoisotopic (exact) mass is 295 g/mol. The van der Waals surface area contributed by atoms with Crippen LogP contribution in [0.3, 0.4) is 0 Å². The van der Waals surface area contributed by atoms with Crippen molar-refractivity contribution in [3.05, 3.63) is 64.5 Å². The van der Waals surface area contributed by atoms with E-state index in [0.717, 1.165) is 28.1 Å². The number of rotatable bonds is 4. The average Bonchev–Trinajstić information content (AvgIpc) is 2.51. The first-order valence-electron chi connectivity index (χ1n) is 7.21. The van der Waals surface area contributed by atoms with Crippen molar-refractivity contribution in [2.45, 2.75) is 13.8 Å². The Morgan fingerprint density at radius 1 is 1.14 bits per heavy atom. The van der Waals surface area contributed by atoms with Crippen molar-refractivity contribution in [3.8, 4) is 5.75 Å². The largest absolute Gasteiger partial charge is 0.494 e. The van der Waals surface area contributed by atoms with Gasteiger partial charge >= 0.3 is 5.63 Å². The van der Waals surface area contributed by atoms with Gasteiger partial charge in [-0.05, 0) is 49.7 Å². The molecule has 0 bridgehead atoms. The fourth-order valence-electron chi connectivity index (χ4n) is 2.39. The van der Waals surface area contributed by atoms with Gasteiger partial charge in [0.2, 0.25) is 0 Å². The van der Waals surface area contributed by atoms with Gasteiger partial charge in [-0.3, -0.25) is 0 Å². The molecule has 1 N–H and O–H groups in total. The number of para-hydroxylation sites is 1. The van der Waals surface area contributed by atoms with Crippen molar-refractivity contribution >= 4 is 22.3 Å². The summed E-state index contributed by atoms with van der Waals surface area (Å²) in [7, 11) is 0. The highest BCUT2D eigenvalue weighted by Crippen LogP contribution is 2.27. The van der Waals surface area contributed by atoms with Crippen LogP contribution in [0.15, 0.2) is 57.7 Å². The van der Waals surface area contributed by atoms with E-state index in [9.17, 15) is 4.79 Å². The predicted octanol–water partition coefficient (Wildman–Crippen LogP) is 4.24. The Morgan fingerprint density at radius 2 is 1.91 bits per heavy atom. The first-order valence-corrected chi connectivity index (χ1v) is 7.21. The van der Waals surface area contributed by atoms with Crippen LogP contribution in [0.25, 0.3) is 11.0 Å². The lowest BCUT2D eigenvalue weighted by Gasteiger charge is -2.10. The van der Waals surface area contributed by atoms with Crippen LogP contribution in [0, 0.1) is 6.92 Å². The van der Waals surface area contributed by atoms with Crippen LogP contribution in [-0.2, 0) is 0 Å². The fraction of sp³-hybridized carbons (Fsp3) is 0.167. The van der Waals surface area contributed by atoms with Gasteiger partial charge in [-0.25, -0.2) is 4.79 Å². The summed E-state index contributed by atoms with van der Waals surface area (Å²) in [5, 5.41) is 4.15. The molecule has 0 radical (unpaired) electrons. The van der Waals surface area contributed by atoms with E-state index in [2.05, 4.69) is 5.32 Å². The first-order chi connectivity index (χ1) is 10.7. The Labute approximate surface area is 128 Å². The Morgan fingerprint density at radius 3 is 2.64 bits per heavy atom. The van der Waals surface area contributed by atoms with E-state index < -0.39 is 0 Å². The summed E-state index contributed by atoms with van der Waals surface area (Å²) < 4.78 is 10.7. The molecule has 112 valence electrons. The molecule has 0 aliphatic carbocycles. The SMILES string of the molecule is CCOc1ccc(Nc2cc(=O)oc3c(C)cccc23)cc1. The van der Waals surface area contributed by atoms with Gasteiger partial charge in [0.25, 0.3) is 0 Å². The van der Waals surface area contributed by atoms with Crippen LogP contribution in [0.5, 0.6) is 5.75 Å².